The minimum absolute atomic E-state index is 0.252. The van der Waals surface area contributed by atoms with Crippen molar-refractivity contribution >= 4 is 22.9 Å². The van der Waals surface area contributed by atoms with Crippen molar-refractivity contribution in [3.8, 4) is 6.07 Å². The second-order valence-electron chi connectivity index (χ2n) is 3.35. The molecule has 3 nitrogen and oxygen atoms in total. The Morgan fingerprint density at radius 2 is 2.17 bits per heavy atom. The minimum atomic E-state index is -0.976. The third-order valence-electron chi connectivity index (χ3n) is 2.16. The maximum absolute atomic E-state index is 13.5. The van der Waals surface area contributed by atoms with E-state index in [2.05, 4.69) is 5.32 Å². The van der Waals surface area contributed by atoms with E-state index in [9.17, 15) is 13.6 Å². The molecule has 0 spiro atoms. The molecule has 90 valence electrons. The second-order valence-corrected chi connectivity index (χ2v) is 4.30. The number of hydrogen-bond donors (Lipinski definition) is 1. The lowest BCUT2D eigenvalue weighted by Gasteiger charge is -2.07. The number of carbonyl (C=O) groups excluding carboxylic acids is 1. The summed E-state index contributed by atoms with van der Waals surface area (Å²) in [5.74, 6) is -2.37. The summed E-state index contributed by atoms with van der Waals surface area (Å²) in [6.45, 7) is 0. The molecular weight excluding hydrogens is 258 g/mol. The molecule has 2 aromatic rings. The number of benzene rings is 1. The van der Waals surface area contributed by atoms with Crippen molar-refractivity contribution in [3.63, 3.8) is 0 Å². The van der Waals surface area contributed by atoms with Crippen LogP contribution in [0.1, 0.15) is 15.2 Å². The molecule has 2 rings (SSSR count). The fourth-order valence-corrected chi connectivity index (χ4v) is 1.99. The number of amides is 1. The molecule has 0 aliphatic rings. The van der Waals surface area contributed by atoms with Crippen LogP contribution >= 0.6 is 11.3 Å². The molecule has 0 atom stereocenters. The van der Waals surface area contributed by atoms with Crippen LogP contribution in [0.3, 0.4) is 0 Å². The van der Waals surface area contributed by atoms with Gasteiger partial charge < -0.3 is 5.32 Å². The normalized spacial score (nSPS) is 9.83. The third-order valence-corrected chi connectivity index (χ3v) is 3.03. The van der Waals surface area contributed by atoms with Crippen molar-refractivity contribution in [3.05, 3.63) is 51.7 Å². The Hall–Kier alpha value is -2.26. The monoisotopic (exact) mass is 264 g/mol. The second kappa shape index (κ2) is 4.94. The molecule has 0 aliphatic carbocycles. The number of rotatable bonds is 2. The summed E-state index contributed by atoms with van der Waals surface area (Å²) in [5, 5.41) is 12.7. The topological polar surface area (TPSA) is 52.9 Å². The van der Waals surface area contributed by atoms with Crippen LogP contribution in [0, 0.1) is 23.0 Å². The Morgan fingerprint density at radius 1 is 1.39 bits per heavy atom. The Kier molecular flexibility index (Phi) is 3.35. The summed E-state index contributed by atoms with van der Waals surface area (Å²) in [7, 11) is 0. The van der Waals surface area contributed by atoms with E-state index < -0.39 is 17.5 Å². The highest BCUT2D eigenvalue weighted by Crippen LogP contribution is 2.22. The number of carbonyl (C=O) groups is 1. The van der Waals surface area contributed by atoms with Gasteiger partial charge in [-0.25, -0.2) is 8.78 Å². The number of hydrogen-bond acceptors (Lipinski definition) is 3. The Labute approximate surface area is 105 Å². The molecule has 6 heteroatoms. The van der Waals surface area contributed by atoms with E-state index >= 15 is 0 Å². The highest BCUT2D eigenvalue weighted by atomic mass is 32.1. The van der Waals surface area contributed by atoms with Crippen molar-refractivity contribution in [2.24, 2.45) is 0 Å². The Balaban J connectivity index is 2.35. The Morgan fingerprint density at radius 3 is 2.78 bits per heavy atom. The van der Waals surface area contributed by atoms with Crippen LogP contribution < -0.4 is 5.32 Å². The zero-order valence-corrected chi connectivity index (χ0v) is 9.72. The van der Waals surface area contributed by atoms with Gasteiger partial charge in [0.25, 0.3) is 5.91 Å². The van der Waals surface area contributed by atoms with Gasteiger partial charge in [-0.15, -0.1) is 11.3 Å². The highest BCUT2D eigenvalue weighted by molar-refractivity contribution is 7.12. The summed E-state index contributed by atoms with van der Waals surface area (Å²) >= 11 is 1.18. The van der Waals surface area contributed by atoms with Gasteiger partial charge in [0, 0.05) is 6.07 Å². The van der Waals surface area contributed by atoms with Gasteiger partial charge in [-0.3, -0.25) is 4.79 Å². The van der Waals surface area contributed by atoms with Crippen molar-refractivity contribution < 1.29 is 13.6 Å². The molecule has 1 aromatic carbocycles. The first kappa shape index (κ1) is 12.2. The van der Waals surface area contributed by atoms with E-state index in [1.165, 1.54) is 11.3 Å². The predicted molar refractivity (Wildman–Crippen MR) is 63.3 cm³/mol. The van der Waals surface area contributed by atoms with Gasteiger partial charge in [0.1, 0.15) is 11.9 Å². The SMILES string of the molecule is N#Cc1cc(F)cc(F)c1NC(=O)c1cccs1. The molecule has 1 heterocycles. The van der Waals surface area contributed by atoms with Crippen LogP contribution in [0.5, 0.6) is 0 Å². The number of anilines is 1. The summed E-state index contributed by atoms with van der Waals surface area (Å²) in [4.78, 5) is 12.1. The van der Waals surface area contributed by atoms with Gasteiger partial charge >= 0.3 is 0 Å². The highest BCUT2D eigenvalue weighted by Gasteiger charge is 2.15. The summed E-state index contributed by atoms with van der Waals surface area (Å²) in [6.07, 6.45) is 0. The average Bonchev–Trinajstić information content (AvgIpc) is 2.85. The van der Waals surface area contributed by atoms with E-state index in [1.54, 1.807) is 23.6 Å². The van der Waals surface area contributed by atoms with E-state index in [-0.39, 0.29) is 11.3 Å². The summed E-state index contributed by atoms with van der Waals surface area (Å²) in [5.41, 5.74) is -0.560. The average molecular weight is 264 g/mol. The van der Waals surface area contributed by atoms with Crippen LogP contribution in [0.4, 0.5) is 14.5 Å². The number of halogens is 2. The molecule has 0 radical (unpaired) electrons. The number of thiophene rings is 1. The standard InChI is InChI=1S/C12H6F2N2OS/c13-8-4-7(6-15)11(9(14)5-8)16-12(17)10-2-1-3-18-10/h1-5H,(H,16,17). The lowest BCUT2D eigenvalue weighted by Crippen LogP contribution is -2.13. The largest absolute Gasteiger partial charge is 0.318 e. The van der Waals surface area contributed by atoms with Crippen LogP contribution in [0.2, 0.25) is 0 Å². The smallest absolute Gasteiger partial charge is 0.265 e. The van der Waals surface area contributed by atoms with Crippen molar-refractivity contribution in [2.75, 3.05) is 5.32 Å². The third kappa shape index (κ3) is 2.36. The van der Waals surface area contributed by atoms with Gasteiger partial charge in [-0.05, 0) is 17.5 Å². The van der Waals surface area contributed by atoms with Gasteiger partial charge in [0.15, 0.2) is 5.82 Å². The quantitative estimate of drug-likeness (QED) is 0.905. The Bertz CT molecular complexity index is 632. The van der Waals surface area contributed by atoms with Crippen LogP contribution in [-0.2, 0) is 0 Å². The zero-order valence-electron chi connectivity index (χ0n) is 8.91. The molecule has 0 unspecified atom stereocenters. The van der Waals surface area contributed by atoms with E-state index in [0.717, 1.165) is 6.07 Å². The molecule has 1 amide bonds. The van der Waals surface area contributed by atoms with Crippen molar-refractivity contribution in [1.82, 2.24) is 0 Å². The molecule has 18 heavy (non-hydrogen) atoms. The molecule has 0 aliphatic heterocycles. The number of nitrogens with one attached hydrogen (secondary N) is 1. The number of nitriles is 1. The molecule has 0 bridgehead atoms. The molecule has 1 N–H and O–H groups in total. The van der Waals surface area contributed by atoms with Gasteiger partial charge in [-0.2, -0.15) is 5.26 Å². The predicted octanol–water partition coefficient (Wildman–Crippen LogP) is 3.15. The lowest BCUT2D eigenvalue weighted by atomic mass is 10.1. The molecule has 0 saturated carbocycles. The first-order valence-corrected chi connectivity index (χ1v) is 5.74. The maximum atomic E-state index is 13.5. The fourth-order valence-electron chi connectivity index (χ4n) is 1.37. The van der Waals surface area contributed by atoms with E-state index in [1.807, 2.05) is 0 Å². The van der Waals surface area contributed by atoms with E-state index in [4.69, 9.17) is 5.26 Å². The molecular formula is C12H6F2N2OS. The first-order valence-electron chi connectivity index (χ1n) is 4.86. The molecule has 1 aromatic heterocycles. The summed E-state index contributed by atoms with van der Waals surface area (Å²) in [6, 6.07) is 6.36. The lowest BCUT2D eigenvalue weighted by molar-refractivity contribution is 0.103. The van der Waals surface area contributed by atoms with Gasteiger partial charge in [0.2, 0.25) is 0 Å². The van der Waals surface area contributed by atoms with Crippen LogP contribution in [-0.4, -0.2) is 5.91 Å². The summed E-state index contributed by atoms with van der Waals surface area (Å²) < 4.78 is 26.4. The zero-order chi connectivity index (χ0) is 13.1. The van der Waals surface area contributed by atoms with Gasteiger partial charge in [-0.1, -0.05) is 6.07 Å². The number of nitrogens with zero attached hydrogens (tertiary/aromatic N) is 1. The molecule has 0 saturated heterocycles. The van der Waals surface area contributed by atoms with Gasteiger partial charge in [0.05, 0.1) is 16.1 Å². The van der Waals surface area contributed by atoms with Crippen LogP contribution in [0.25, 0.3) is 0 Å². The fraction of sp³-hybridized carbons (Fsp3) is 0. The van der Waals surface area contributed by atoms with Crippen molar-refractivity contribution in [1.29, 1.82) is 5.26 Å². The first-order chi connectivity index (χ1) is 8.61. The van der Waals surface area contributed by atoms with E-state index in [0.29, 0.717) is 10.9 Å². The van der Waals surface area contributed by atoms with Crippen molar-refractivity contribution in [2.45, 2.75) is 0 Å². The molecule has 0 fully saturated rings. The maximum Gasteiger partial charge on any atom is 0.265 e. The minimum Gasteiger partial charge on any atom is -0.318 e. The van der Waals surface area contributed by atoms with Crippen LogP contribution in [0.15, 0.2) is 29.6 Å².